The van der Waals surface area contributed by atoms with Crippen LogP contribution in [-0.2, 0) is 14.6 Å². The second kappa shape index (κ2) is 5.69. The first kappa shape index (κ1) is 16.3. The van der Waals surface area contributed by atoms with Crippen molar-refractivity contribution < 1.29 is 17.9 Å². The van der Waals surface area contributed by atoms with Crippen molar-refractivity contribution >= 4 is 15.9 Å². The molecule has 6 heteroatoms. The Kier molecular flexibility index (Phi) is 4.87. The van der Waals surface area contributed by atoms with Gasteiger partial charge in [0.15, 0.2) is 9.84 Å². The van der Waals surface area contributed by atoms with E-state index in [1.54, 1.807) is 20.8 Å². The van der Waals surface area contributed by atoms with E-state index in [0.29, 0.717) is 12.8 Å². The van der Waals surface area contributed by atoms with Crippen LogP contribution in [0.15, 0.2) is 0 Å². The molecule has 1 aliphatic rings. The van der Waals surface area contributed by atoms with Gasteiger partial charge in [-0.2, -0.15) is 0 Å². The quantitative estimate of drug-likeness (QED) is 0.865. The summed E-state index contributed by atoms with van der Waals surface area (Å²) < 4.78 is 28.6. The highest BCUT2D eigenvalue weighted by atomic mass is 32.2. The first-order chi connectivity index (χ1) is 8.62. The van der Waals surface area contributed by atoms with Crippen molar-refractivity contribution in [3.8, 4) is 0 Å². The zero-order valence-electron chi connectivity index (χ0n) is 12.3. The zero-order chi connectivity index (χ0) is 14.7. The van der Waals surface area contributed by atoms with Gasteiger partial charge in [0.25, 0.3) is 0 Å². The molecule has 0 unspecified atom stereocenters. The Morgan fingerprint density at radius 1 is 1.21 bits per heavy atom. The fraction of sp³-hybridized carbons (Fsp3) is 0.923. The van der Waals surface area contributed by atoms with Gasteiger partial charge in [0.2, 0.25) is 0 Å². The number of carbonyl (C=O) groups excluding carboxylic acids is 1. The highest BCUT2D eigenvalue weighted by Gasteiger charge is 2.42. The lowest BCUT2D eigenvalue weighted by Gasteiger charge is -2.39. The van der Waals surface area contributed by atoms with Gasteiger partial charge in [0.1, 0.15) is 0 Å². The average molecular weight is 291 g/mol. The number of alkyl carbamates (subject to hydrolysis) is 1. The Morgan fingerprint density at radius 3 is 2.16 bits per heavy atom. The molecule has 0 aromatic heterocycles. The molecule has 1 amide bonds. The third-order valence-corrected chi connectivity index (χ3v) is 6.56. The Labute approximate surface area is 116 Å². The second-order valence-corrected chi connectivity index (χ2v) is 9.07. The van der Waals surface area contributed by atoms with Gasteiger partial charge in [-0.05, 0) is 33.6 Å². The molecule has 19 heavy (non-hydrogen) atoms. The highest BCUT2D eigenvalue weighted by molar-refractivity contribution is 7.92. The third-order valence-electron chi connectivity index (χ3n) is 3.76. The Morgan fingerprint density at radius 2 is 1.74 bits per heavy atom. The fourth-order valence-electron chi connectivity index (χ4n) is 2.38. The molecule has 1 saturated carbocycles. The lowest BCUT2D eigenvalue weighted by molar-refractivity contribution is 0.148. The molecular formula is C13H25NO4S. The number of ether oxygens (including phenoxy) is 1. The van der Waals surface area contributed by atoms with Crippen LogP contribution in [0.2, 0.25) is 0 Å². The van der Waals surface area contributed by atoms with Crippen LogP contribution in [0.1, 0.15) is 52.9 Å². The number of hydrogen-bond acceptors (Lipinski definition) is 4. The number of nitrogens with one attached hydrogen (secondary N) is 1. The average Bonchev–Trinajstić information content (AvgIpc) is 2.27. The summed E-state index contributed by atoms with van der Waals surface area (Å²) in [5.41, 5.74) is -0.669. The molecule has 112 valence electrons. The van der Waals surface area contributed by atoms with Crippen LogP contribution >= 0.6 is 0 Å². The molecule has 0 aromatic carbocycles. The van der Waals surface area contributed by atoms with E-state index >= 15 is 0 Å². The van der Waals surface area contributed by atoms with E-state index < -0.39 is 26.2 Å². The molecule has 1 fully saturated rings. The monoisotopic (exact) mass is 291 g/mol. The predicted molar refractivity (Wildman–Crippen MR) is 74.9 cm³/mol. The number of amides is 1. The van der Waals surface area contributed by atoms with Crippen LogP contribution in [0, 0.1) is 0 Å². The van der Waals surface area contributed by atoms with Crippen molar-refractivity contribution in [1.82, 2.24) is 5.32 Å². The van der Waals surface area contributed by atoms with Gasteiger partial charge in [-0.15, -0.1) is 0 Å². The molecule has 0 radical (unpaired) electrons. The van der Waals surface area contributed by atoms with Gasteiger partial charge >= 0.3 is 6.09 Å². The van der Waals surface area contributed by atoms with Gasteiger partial charge in [-0.1, -0.05) is 19.3 Å². The molecule has 0 saturated heterocycles. The van der Waals surface area contributed by atoms with E-state index in [2.05, 4.69) is 10.1 Å². The highest BCUT2D eigenvalue weighted by Crippen LogP contribution is 2.32. The summed E-state index contributed by atoms with van der Waals surface area (Å²) in [5, 5.41) is 2.77. The standard InChI is InChI=1S/C13H25NO4S/c1-12(2,3)19(16,17)10-13(14-11(15)18-4)8-6-5-7-9-13/h5-10H2,1-4H3,(H,14,15). The smallest absolute Gasteiger partial charge is 0.407 e. The minimum atomic E-state index is -3.28. The molecule has 0 aliphatic heterocycles. The van der Waals surface area contributed by atoms with E-state index in [9.17, 15) is 13.2 Å². The molecule has 0 spiro atoms. The van der Waals surface area contributed by atoms with Crippen LogP contribution in [0.25, 0.3) is 0 Å². The minimum Gasteiger partial charge on any atom is -0.453 e. The minimum absolute atomic E-state index is 0.0153. The molecule has 0 aromatic rings. The maximum absolute atomic E-state index is 12.4. The number of carbonyl (C=O) groups is 1. The summed E-state index contributed by atoms with van der Waals surface area (Å²) in [5.74, 6) is -0.0153. The Hall–Kier alpha value is -0.780. The predicted octanol–water partition coefficient (Wildman–Crippen LogP) is 2.26. The Bertz CT molecular complexity index is 416. The molecule has 1 aliphatic carbocycles. The SMILES string of the molecule is COC(=O)NC1(CS(=O)(=O)C(C)(C)C)CCCCC1. The van der Waals surface area contributed by atoms with Crippen molar-refractivity contribution in [3.63, 3.8) is 0 Å². The van der Waals surface area contributed by atoms with Gasteiger partial charge in [0, 0.05) is 0 Å². The van der Waals surface area contributed by atoms with Crippen molar-refractivity contribution in [2.75, 3.05) is 12.9 Å². The third kappa shape index (κ3) is 4.09. The molecule has 0 atom stereocenters. The lowest BCUT2D eigenvalue weighted by Crippen LogP contribution is -2.56. The van der Waals surface area contributed by atoms with Crippen LogP contribution in [0.3, 0.4) is 0 Å². The van der Waals surface area contributed by atoms with E-state index in [0.717, 1.165) is 19.3 Å². The number of hydrogen-bond donors (Lipinski definition) is 1. The van der Waals surface area contributed by atoms with Crippen LogP contribution in [0.4, 0.5) is 4.79 Å². The summed E-state index contributed by atoms with van der Waals surface area (Å²) >= 11 is 0. The van der Waals surface area contributed by atoms with Gasteiger partial charge in [-0.3, -0.25) is 0 Å². The summed E-state index contributed by atoms with van der Waals surface area (Å²) in [6.45, 7) is 5.07. The topological polar surface area (TPSA) is 72.5 Å². The molecule has 1 N–H and O–H groups in total. The van der Waals surface area contributed by atoms with E-state index in [1.165, 1.54) is 7.11 Å². The summed E-state index contributed by atoms with van der Waals surface area (Å²) in [4.78, 5) is 11.5. The summed E-state index contributed by atoms with van der Waals surface area (Å²) in [7, 11) is -1.98. The van der Waals surface area contributed by atoms with Crippen LogP contribution in [-0.4, -0.2) is 37.7 Å². The maximum atomic E-state index is 12.4. The van der Waals surface area contributed by atoms with Crippen LogP contribution < -0.4 is 5.32 Å². The zero-order valence-corrected chi connectivity index (χ0v) is 13.1. The van der Waals surface area contributed by atoms with Gasteiger partial charge in [0.05, 0.1) is 23.1 Å². The molecule has 0 heterocycles. The van der Waals surface area contributed by atoms with Crippen molar-refractivity contribution in [2.24, 2.45) is 0 Å². The number of methoxy groups -OCH3 is 1. The lowest BCUT2D eigenvalue weighted by atomic mass is 9.83. The maximum Gasteiger partial charge on any atom is 0.407 e. The summed E-state index contributed by atoms with van der Waals surface area (Å²) in [6, 6.07) is 0. The van der Waals surface area contributed by atoms with E-state index in [1.807, 2.05) is 0 Å². The fourth-order valence-corrected chi connectivity index (χ4v) is 3.90. The van der Waals surface area contributed by atoms with Gasteiger partial charge in [-0.25, -0.2) is 13.2 Å². The molecule has 1 rings (SSSR count). The van der Waals surface area contributed by atoms with E-state index in [4.69, 9.17) is 0 Å². The van der Waals surface area contributed by atoms with E-state index in [-0.39, 0.29) is 5.75 Å². The second-order valence-electron chi connectivity index (χ2n) is 6.33. The first-order valence-electron chi connectivity index (χ1n) is 6.70. The van der Waals surface area contributed by atoms with Crippen molar-refractivity contribution in [1.29, 1.82) is 0 Å². The first-order valence-corrected chi connectivity index (χ1v) is 8.36. The summed E-state index contributed by atoms with van der Waals surface area (Å²) in [6.07, 6.45) is 3.79. The normalized spacial score (nSPS) is 19.8. The van der Waals surface area contributed by atoms with Crippen molar-refractivity contribution in [2.45, 2.75) is 63.2 Å². The molecule has 5 nitrogen and oxygen atoms in total. The number of rotatable bonds is 3. The van der Waals surface area contributed by atoms with Crippen LogP contribution in [0.5, 0.6) is 0 Å². The van der Waals surface area contributed by atoms with Crippen molar-refractivity contribution in [3.05, 3.63) is 0 Å². The molecular weight excluding hydrogens is 266 g/mol. The Balaban J connectivity index is 2.95. The number of sulfone groups is 1. The van der Waals surface area contributed by atoms with Gasteiger partial charge < -0.3 is 10.1 Å². The largest absolute Gasteiger partial charge is 0.453 e. The molecule has 0 bridgehead atoms.